The Kier molecular flexibility index (Phi) is 5.46. The van der Waals surface area contributed by atoms with E-state index in [2.05, 4.69) is 5.32 Å². The van der Waals surface area contributed by atoms with Crippen molar-refractivity contribution < 1.29 is 12.8 Å². The van der Waals surface area contributed by atoms with Crippen molar-refractivity contribution in [1.82, 2.24) is 9.88 Å². The van der Waals surface area contributed by atoms with Crippen LogP contribution < -0.4 is 10.9 Å². The number of rotatable bonds is 5. The van der Waals surface area contributed by atoms with Crippen LogP contribution >= 0.6 is 11.6 Å². The highest BCUT2D eigenvalue weighted by Gasteiger charge is 2.27. The summed E-state index contributed by atoms with van der Waals surface area (Å²) < 4.78 is 38.7. The van der Waals surface area contributed by atoms with E-state index < -0.39 is 15.7 Å². The van der Waals surface area contributed by atoms with Gasteiger partial charge in [-0.15, -0.1) is 0 Å². The Morgan fingerprint density at radius 1 is 1.14 bits per heavy atom. The topological polar surface area (TPSA) is 68.2 Å². The molecule has 1 saturated heterocycles. The minimum atomic E-state index is -3.01. The second-order valence-electron chi connectivity index (χ2n) is 7.34. The predicted molar refractivity (Wildman–Crippen MR) is 113 cm³/mol. The van der Waals surface area contributed by atoms with E-state index in [1.165, 1.54) is 16.7 Å². The van der Waals surface area contributed by atoms with Crippen LogP contribution in [0.4, 0.5) is 4.39 Å². The summed E-state index contributed by atoms with van der Waals surface area (Å²) in [6, 6.07) is 13.1. The summed E-state index contributed by atoms with van der Waals surface area (Å²) in [6.07, 6.45) is 0.537. The number of nitrogens with one attached hydrogen (secondary N) is 1. The lowest BCUT2D eigenvalue weighted by Crippen LogP contribution is -2.33. The van der Waals surface area contributed by atoms with Gasteiger partial charge in [0, 0.05) is 23.2 Å². The predicted octanol–water partition coefficient (Wildman–Crippen LogP) is 3.12. The quantitative estimate of drug-likeness (QED) is 0.670. The van der Waals surface area contributed by atoms with E-state index in [0.29, 0.717) is 22.5 Å². The third kappa shape index (κ3) is 4.37. The number of benzene rings is 2. The standard InChI is InChI=1S/C21H20ClFN2O3S/c22-19-4-2-1-3-15(19)12-25-20-10-17(23)6-5-14(20)9-16(21(25)26)11-24-18-7-8-29(27,28)13-18/h1-6,9-10,18,24H,7-8,11-13H2/t18-/m1/s1. The van der Waals surface area contributed by atoms with Crippen LogP contribution in [-0.2, 0) is 22.9 Å². The molecule has 0 aliphatic carbocycles. The number of aromatic nitrogens is 1. The Morgan fingerprint density at radius 3 is 2.66 bits per heavy atom. The maximum absolute atomic E-state index is 13.9. The zero-order valence-electron chi connectivity index (χ0n) is 15.6. The second-order valence-corrected chi connectivity index (χ2v) is 9.97. The van der Waals surface area contributed by atoms with Gasteiger partial charge < -0.3 is 9.88 Å². The second kappa shape index (κ2) is 7.89. The molecule has 152 valence electrons. The molecule has 0 radical (unpaired) electrons. The molecule has 1 N–H and O–H groups in total. The maximum atomic E-state index is 13.9. The van der Waals surface area contributed by atoms with Gasteiger partial charge in [-0.05, 0) is 47.7 Å². The summed E-state index contributed by atoms with van der Waals surface area (Å²) in [4.78, 5) is 13.2. The summed E-state index contributed by atoms with van der Waals surface area (Å²) in [7, 11) is -3.01. The third-order valence-corrected chi connectivity index (χ3v) is 7.37. The lowest BCUT2D eigenvalue weighted by molar-refractivity contribution is 0.550. The molecule has 0 spiro atoms. The zero-order valence-corrected chi connectivity index (χ0v) is 17.1. The van der Waals surface area contributed by atoms with E-state index in [0.717, 1.165) is 10.9 Å². The van der Waals surface area contributed by atoms with E-state index in [9.17, 15) is 17.6 Å². The van der Waals surface area contributed by atoms with Gasteiger partial charge in [0.2, 0.25) is 0 Å². The highest BCUT2D eigenvalue weighted by molar-refractivity contribution is 7.91. The number of hydrogen-bond donors (Lipinski definition) is 1. The summed E-state index contributed by atoms with van der Waals surface area (Å²) >= 11 is 6.26. The van der Waals surface area contributed by atoms with Gasteiger partial charge in [0.05, 0.1) is 23.6 Å². The van der Waals surface area contributed by atoms with E-state index in [1.807, 2.05) is 18.2 Å². The summed E-state index contributed by atoms with van der Waals surface area (Å²) in [5.41, 5.74) is 1.49. The average Bonchev–Trinajstić information content (AvgIpc) is 3.03. The number of halogens is 2. The summed E-state index contributed by atoms with van der Waals surface area (Å²) in [5.74, 6) is -0.176. The van der Waals surface area contributed by atoms with Crippen LogP contribution in [0.1, 0.15) is 17.5 Å². The molecule has 2 heterocycles. The van der Waals surface area contributed by atoms with Gasteiger partial charge in [-0.1, -0.05) is 29.8 Å². The minimum absolute atomic E-state index is 0.0829. The van der Waals surface area contributed by atoms with Crippen molar-refractivity contribution in [2.24, 2.45) is 0 Å². The van der Waals surface area contributed by atoms with Gasteiger partial charge in [0.1, 0.15) is 5.82 Å². The first-order valence-electron chi connectivity index (χ1n) is 9.31. The molecular formula is C21H20ClFN2O3S. The van der Waals surface area contributed by atoms with Gasteiger partial charge in [-0.2, -0.15) is 0 Å². The molecule has 0 amide bonds. The Balaban J connectivity index is 1.72. The average molecular weight is 435 g/mol. The molecule has 4 rings (SSSR count). The van der Waals surface area contributed by atoms with Crippen molar-refractivity contribution in [2.45, 2.75) is 25.6 Å². The van der Waals surface area contributed by atoms with E-state index in [4.69, 9.17) is 11.6 Å². The molecule has 5 nitrogen and oxygen atoms in total. The van der Waals surface area contributed by atoms with E-state index in [-0.39, 0.29) is 36.2 Å². The molecule has 1 aliphatic rings. The largest absolute Gasteiger partial charge is 0.309 e. The number of fused-ring (bicyclic) bond motifs is 1. The van der Waals surface area contributed by atoms with Crippen molar-refractivity contribution >= 4 is 32.3 Å². The lowest BCUT2D eigenvalue weighted by Gasteiger charge is -2.16. The van der Waals surface area contributed by atoms with Gasteiger partial charge in [0.25, 0.3) is 5.56 Å². The van der Waals surface area contributed by atoms with E-state index in [1.54, 1.807) is 18.2 Å². The number of nitrogens with zero attached hydrogens (tertiary/aromatic N) is 1. The first-order valence-corrected chi connectivity index (χ1v) is 11.5. The Morgan fingerprint density at radius 2 is 1.93 bits per heavy atom. The molecule has 0 saturated carbocycles. The third-order valence-electron chi connectivity index (χ3n) is 5.23. The normalized spacial score (nSPS) is 18.3. The van der Waals surface area contributed by atoms with Gasteiger partial charge in [-0.3, -0.25) is 4.79 Å². The van der Waals surface area contributed by atoms with Gasteiger partial charge in [0.15, 0.2) is 9.84 Å². The highest BCUT2D eigenvalue weighted by Crippen LogP contribution is 2.21. The molecule has 3 aromatic rings. The van der Waals surface area contributed by atoms with Crippen LogP contribution in [0.2, 0.25) is 5.02 Å². The molecule has 2 aromatic carbocycles. The maximum Gasteiger partial charge on any atom is 0.255 e. The van der Waals surface area contributed by atoms with Crippen molar-refractivity contribution in [3.63, 3.8) is 0 Å². The highest BCUT2D eigenvalue weighted by atomic mass is 35.5. The smallest absolute Gasteiger partial charge is 0.255 e. The Labute approximate surface area is 173 Å². The van der Waals surface area contributed by atoms with Crippen LogP contribution in [0, 0.1) is 5.82 Å². The fourth-order valence-electron chi connectivity index (χ4n) is 3.70. The van der Waals surface area contributed by atoms with Crippen molar-refractivity contribution in [1.29, 1.82) is 0 Å². The molecule has 8 heteroatoms. The van der Waals surface area contributed by atoms with Crippen molar-refractivity contribution in [3.8, 4) is 0 Å². The Bertz CT molecular complexity index is 1240. The van der Waals surface area contributed by atoms with Crippen LogP contribution in [0.3, 0.4) is 0 Å². The molecule has 1 aliphatic heterocycles. The summed E-state index contributed by atoms with van der Waals surface area (Å²) in [6.45, 7) is 0.457. The molecule has 1 aromatic heterocycles. The zero-order chi connectivity index (χ0) is 20.6. The molecule has 0 bridgehead atoms. The molecule has 1 fully saturated rings. The lowest BCUT2D eigenvalue weighted by atomic mass is 10.1. The molecular weight excluding hydrogens is 415 g/mol. The van der Waals surface area contributed by atoms with Crippen LogP contribution in [0.5, 0.6) is 0 Å². The first kappa shape index (κ1) is 20.1. The van der Waals surface area contributed by atoms with Crippen molar-refractivity contribution in [3.05, 3.63) is 80.9 Å². The molecule has 1 atom stereocenters. The summed E-state index contributed by atoms with van der Waals surface area (Å²) in [5, 5.41) is 4.44. The van der Waals surface area contributed by atoms with Crippen LogP contribution in [0.15, 0.2) is 53.3 Å². The number of pyridine rings is 1. The van der Waals surface area contributed by atoms with E-state index >= 15 is 0 Å². The Hall–Kier alpha value is -2.22. The van der Waals surface area contributed by atoms with Crippen LogP contribution in [0.25, 0.3) is 10.9 Å². The van der Waals surface area contributed by atoms with Gasteiger partial charge >= 0.3 is 0 Å². The fourth-order valence-corrected chi connectivity index (χ4v) is 5.60. The minimum Gasteiger partial charge on any atom is -0.309 e. The number of sulfone groups is 1. The first-order chi connectivity index (χ1) is 13.8. The van der Waals surface area contributed by atoms with Crippen LogP contribution in [-0.4, -0.2) is 30.5 Å². The fraction of sp³-hybridized carbons (Fsp3) is 0.286. The monoisotopic (exact) mass is 434 g/mol. The SMILES string of the molecule is O=c1c(CN[C@@H]2CCS(=O)(=O)C2)cc2ccc(F)cc2n1Cc1ccccc1Cl. The number of hydrogen-bond acceptors (Lipinski definition) is 4. The molecule has 29 heavy (non-hydrogen) atoms. The van der Waals surface area contributed by atoms with Gasteiger partial charge in [-0.25, -0.2) is 12.8 Å². The van der Waals surface area contributed by atoms with Crippen molar-refractivity contribution in [2.75, 3.05) is 11.5 Å². The molecule has 0 unspecified atom stereocenters.